The third kappa shape index (κ3) is 3.64. The summed E-state index contributed by atoms with van der Waals surface area (Å²) in [5.41, 5.74) is 1.14. The molecule has 4 nitrogen and oxygen atoms in total. The average molecular weight is 380 g/mol. The average Bonchev–Trinajstić information content (AvgIpc) is 3.26. The molecule has 7 heteroatoms. The van der Waals surface area contributed by atoms with Crippen molar-refractivity contribution in [3.63, 3.8) is 0 Å². The molecule has 1 aliphatic carbocycles. The summed E-state index contributed by atoms with van der Waals surface area (Å²) in [7, 11) is 0. The Balaban J connectivity index is 1.55. The molecule has 0 aromatic heterocycles. The van der Waals surface area contributed by atoms with E-state index in [4.69, 9.17) is 0 Å². The number of ether oxygens (including phenoxy) is 1. The molecule has 0 bridgehead atoms. The fourth-order valence-corrected chi connectivity index (χ4v) is 4.51. The Labute approximate surface area is 156 Å². The minimum Gasteiger partial charge on any atom is -0.432 e. The Morgan fingerprint density at radius 2 is 1.96 bits per heavy atom. The summed E-state index contributed by atoms with van der Waals surface area (Å²) >= 11 is 0. The molecule has 0 spiro atoms. The minimum atomic E-state index is -3.10. The number of carbonyl (C=O) groups is 1. The highest BCUT2D eigenvalue weighted by Gasteiger charge is 2.38. The van der Waals surface area contributed by atoms with Crippen molar-refractivity contribution in [1.29, 1.82) is 0 Å². The number of fused-ring (bicyclic) bond motifs is 1. The number of nitrogens with zero attached hydrogens (tertiary/aromatic N) is 2. The van der Waals surface area contributed by atoms with Crippen LogP contribution in [0.2, 0.25) is 0 Å². The number of rotatable bonds is 5. The van der Waals surface area contributed by atoms with Crippen LogP contribution in [0.4, 0.5) is 18.9 Å². The van der Waals surface area contributed by atoms with Crippen LogP contribution >= 0.6 is 0 Å². The maximum Gasteiger partial charge on any atom is 0.387 e. The summed E-state index contributed by atoms with van der Waals surface area (Å²) in [5, 5.41) is 0. The summed E-state index contributed by atoms with van der Waals surface area (Å²) in [5.74, 6) is -0.663. The maximum absolute atomic E-state index is 14.0. The van der Waals surface area contributed by atoms with Crippen LogP contribution in [-0.4, -0.2) is 43.1 Å². The van der Waals surface area contributed by atoms with E-state index < -0.39 is 18.2 Å². The number of carbonyl (C=O) groups excluding carboxylic acids is 1. The van der Waals surface area contributed by atoms with Crippen molar-refractivity contribution in [2.24, 2.45) is 5.92 Å². The normalized spacial score (nSPS) is 22.8. The van der Waals surface area contributed by atoms with Gasteiger partial charge in [0.2, 0.25) is 5.91 Å². The van der Waals surface area contributed by atoms with Gasteiger partial charge in [-0.3, -0.25) is 4.79 Å². The van der Waals surface area contributed by atoms with Crippen molar-refractivity contribution in [3.8, 4) is 5.75 Å². The summed E-state index contributed by atoms with van der Waals surface area (Å²) in [6.45, 7) is -1.10. The van der Waals surface area contributed by atoms with Gasteiger partial charge in [0.05, 0.1) is 0 Å². The highest BCUT2D eigenvalue weighted by atomic mass is 19.3. The molecule has 146 valence electrons. The van der Waals surface area contributed by atoms with Crippen molar-refractivity contribution >= 4 is 17.7 Å². The predicted molar refractivity (Wildman–Crippen MR) is 96.4 cm³/mol. The lowest BCUT2D eigenvalue weighted by Gasteiger charge is -2.33. The zero-order valence-corrected chi connectivity index (χ0v) is 15.0. The molecule has 1 atom stereocenters. The molecule has 0 radical (unpaired) electrons. The fourth-order valence-electron chi connectivity index (χ4n) is 4.51. The van der Waals surface area contributed by atoms with Crippen LogP contribution in [0.1, 0.15) is 37.7 Å². The molecule has 4 rings (SSSR count). The van der Waals surface area contributed by atoms with Gasteiger partial charge in [-0.15, -0.1) is 0 Å². The van der Waals surface area contributed by atoms with Gasteiger partial charge in [0.25, 0.3) is 0 Å². The largest absolute Gasteiger partial charge is 0.432 e. The van der Waals surface area contributed by atoms with E-state index in [1.807, 2.05) is 15.9 Å². The number of alkyl halides is 2. The molecule has 2 fully saturated rings. The highest BCUT2D eigenvalue weighted by molar-refractivity contribution is 5.89. The Kier molecular flexibility index (Phi) is 5.02. The third-order valence-electron chi connectivity index (χ3n) is 5.80. The van der Waals surface area contributed by atoms with Crippen LogP contribution < -0.4 is 9.64 Å². The third-order valence-corrected chi connectivity index (χ3v) is 5.80. The van der Waals surface area contributed by atoms with Crippen molar-refractivity contribution in [3.05, 3.63) is 29.6 Å². The van der Waals surface area contributed by atoms with Gasteiger partial charge in [-0.05, 0) is 31.2 Å². The predicted octanol–water partition coefficient (Wildman–Crippen LogP) is 4.05. The molecule has 0 unspecified atom stereocenters. The van der Waals surface area contributed by atoms with Gasteiger partial charge >= 0.3 is 6.61 Å². The van der Waals surface area contributed by atoms with Gasteiger partial charge in [0.1, 0.15) is 6.04 Å². The summed E-state index contributed by atoms with van der Waals surface area (Å²) in [4.78, 5) is 16.8. The van der Waals surface area contributed by atoms with E-state index in [9.17, 15) is 18.0 Å². The first-order valence-electron chi connectivity index (χ1n) is 9.53. The second kappa shape index (κ2) is 7.44. The van der Waals surface area contributed by atoms with Gasteiger partial charge in [0.15, 0.2) is 11.6 Å². The lowest BCUT2D eigenvalue weighted by molar-refractivity contribution is -0.129. The minimum absolute atomic E-state index is 0.0730. The Morgan fingerprint density at radius 1 is 1.19 bits per heavy atom. The molecule has 27 heavy (non-hydrogen) atoms. The van der Waals surface area contributed by atoms with E-state index in [0.29, 0.717) is 36.7 Å². The van der Waals surface area contributed by atoms with Gasteiger partial charge < -0.3 is 14.5 Å². The Bertz CT molecular complexity index is 747. The number of likely N-dealkylation sites (tertiary alicyclic amines) is 1. The number of hydrogen-bond donors (Lipinski definition) is 0. The zero-order valence-electron chi connectivity index (χ0n) is 15.0. The number of halogens is 3. The molecule has 2 heterocycles. The maximum atomic E-state index is 14.0. The lowest BCUT2D eigenvalue weighted by atomic mass is 10.0. The fraction of sp³-hybridized carbons (Fsp3) is 0.550. The van der Waals surface area contributed by atoms with Crippen molar-refractivity contribution in [2.45, 2.75) is 44.8 Å². The van der Waals surface area contributed by atoms with E-state index in [1.165, 1.54) is 37.8 Å². The van der Waals surface area contributed by atoms with Crippen molar-refractivity contribution < 1.29 is 22.7 Å². The summed E-state index contributed by atoms with van der Waals surface area (Å²) in [6.07, 6.45) is 9.12. The Hall–Kier alpha value is -2.18. The summed E-state index contributed by atoms with van der Waals surface area (Å²) < 4.78 is 43.4. The molecule has 3 aliphatic rings. The van der Waals surface area contributed by atoms with E-state index in [0.717, 1.165) is 6.54 Å². The number of hydrogen-bond acceptors (Lipinski definition) is 3. The molecule has 1 saturated carbocycles. The monoisotopic (exact) mass is 380 g/mol. The molecule has 1 saturated heterocycles. The summed E-state index contributed by atoms with van der Waals surface area (Å²) in [6, 6.07) is 2.12. The van der Waals surface area contributed by atoms with Crippen LogP contribution in [0.5, 0.6) is 5.75 Å². The van der Waals surface area contributed by atoms with E-state index in [2.05, 4.69) is 4.74 Å². The first-order valence-corrected chi connectivity index (χ1v) is 9.53. The van der Waals surface area contributed by atoms with Gasteiger partial charge in [-0.2, -0.15) is 8.78 Å². The van der Waals surface area contributed by atoms with Gasteiger partial charge in [0, 0.05) is 37.0 Å². The topological polar surface area (TPSA) is 32.8 Å². The smallest absolute Gasteiger partial charge is 0.387 e. The first-order chi connectivity index (χ1) is 13.0. The number of anilines is 1. The molecule has 2 aliphatic heterocycles. The van der Waals surface area contributed by atoms with Crippen molar-refractivity contribution in [1.82, 2.24) is 4.90 Å². The highest BCUT2D eigenvalue weighted by Crippen LogP contribution is 2.36. The molecule has 0 N–H and O–H groups in total. The second-order valence-electron chi connectivity index (χ2n) is 7.51. The van der Waals surface area contributed by atoms with E-state index >= 15 is 0 Å². The van der Waals surface area contributed by atoms with Gasteiger partial charge in [-0.25, -0.2) is 4.39 Å². The number of benzene rings is 1. The Morgan fingerprint density at radius 3 is 2.70 bits per heavy atom. The van der Waals surface area contributed by atoms with Gasteiger partial charge in [-0.1, -0.05) is 25.0 Å². The molecular weight excluding hydrogens is 357 g/mol. The SMILES string of the molecule is O=C1[C@@H](N2CC=Cc3cc(F)c(OC(F)F)cc32)CCN1CC1CCCC1. The van der Waals surface area contributed by atoms with Crippen LogP contribution in [0.3, 0.4) is 0 Å². The zero-order chi connectivity index (χ0) is 19.0. The van der Waals surface area contributed by atoms with Crippen LogP contribution in [0, 0.1) is 11.7 Å². The lowest BCUT2D eigenvalue weighted by Crippen LogP contribution is -2.44. The standard InChI is InChI=1S/C20H23F3N2O2/c21-15-10-14-6-3-8-25(17(14)11-18(15)27-20(22)23)16-7-9-24(19(16)26)12-13-4-1-2-5-13/h3,6,10-11,13,16,20H,1-2,4-5,7-9,12H2/t16-/m0/s1. The second-order valence-corrected chi connectivity index (χ2v) is 7.51. The molecule has 1 amide bonds. The van der Waals surface area contributed by atoms with E-state index in [-0.39, 0.29) is 11.9 Å². The van der Waals surface area contributed by atoms with E-state index in [1.54, 1.807) is 6.08 Å². The van der Waals surface area contributed by atoms with Crippen LogP contribution in [-0.2, 0) is 4.79 Å². The quantitative estimate of drug-likeness (QED) is 0.773. The van der Waals surface area contributed by atoms with Crippen molar-refractivity contribution in [2.75, 3.05) is 24.5 Å². The molecule has 1 aromatic carbocycles. The number of amides is 1. The first kappa shape index (κ1) is 18.2. The molecule has 1 aromatic rings. The van der Waals surface area contributed by atoms with Crippen LogP contribution in [0.15, 0.2) is 18.2 Å². The molecular formula is C20H23F3N2O2. The van der Waals surface area contributed by atoms with Crippen LogP contribution in [0.25, 0.3) is 6.08 Å².